The predicted octanol–water partition coefficient (Wildman–Crippen LogP) is 3.61. The van der Waals surface area contributed by atoms with Crippen LogP contribution in [0, 0.1) is 0 Å². The average molecular weight is 528 g/mol. The number of nitrogens with one attached hydrogen (secondary N) is 2. The molecule has 0 aliphatic carbocycles. The molecule has 39 heavy (non-hydrogen) atoms. The Hall–Kier alpha value is -4.71. The summed E-state index contributed by atoms with van der Waals surface area (Å²) in [6.45, 7) is 1.79. The van der Waals surface area contributed by atoms with E-state index in [1.165, 1.54) is 5.56 Å². The Morgan fingerprint density at radius 2 is 2.10 bits per heavy atom. The molecule has 0 radical (unpaired) electrons. The number of aryl methyl sites for hydroxylation is 1. The molecular formula is C27H29N9O3. The molecule has 5 heterocycles. The van der Waals surface area contributed by atoms with Crippen molar-refractivity contribution in [2.45, 2.75) is 12.8 Å². The van der Waals surface area contributed by atoms with Gasteiger partial charge in [0, 0.05) is 43.4 Å². The van der Waals surface area contributed by atoms with E-state index in [-0.39, 0.29) is 6.61 Å². The number of amides is 1. The van der Waals surface area contributed by atoms with Crippen molar-refractivity contribution in [3.05, 3.63) is 54.6 Å². The first-order chi connectivity index (χ1) is 19.0. The van der Waals surface area contributed by atoms with Crippen molar-refractivity contribution in [3.8, 4) is 22.7 Å². The van der Waals surface area contributed by atoms with E-state index in [2.05, 4.69) is 31.8 Å². The van der Waals surface area contributed by atoms with Gasteiger partial charge >= 0.3 is 6.09 Å². The van der Waals surface area contributed by atoms with Gasteiger partial charge in [-0.15, -0.1) is 5.10 Å². The van der Waals surface area contributed by atoms with Gasteiger partial charge in [0.2, 0.25) is 0 Å². The third-order valence-corrected chi connectivity index (χ3v) is 6.68. The molecule has 0 unspecified atom stereocenters. The number of hydrogen-bond acceptors (Lipinski definition) is 9. The van der Waals surface area contributed by atoms with Crippen molar-refractivity contribution in [1.82, 2.24) is 34.3 Å². The Labute approximate surface area is 224 Å². The van der Waals surface area contributed by atoms with Gasteiger partial charge in [0.25, 0.3) is 0 Å². The van der Waals surface area contributed by atoms with E-state index in [0.717, 1.165) is 41.8 Å². The largest absolute Gasteiger partial charge is 0.494 e. The Balaban J connectivity index is 1.48. The van der Waals surface area contributed by atoms with Crippen LogP contribution >= 0.6 is 0 Å². The van der Waals surface area contributed by atoms with Gasteiger partial charge in [0.15, 0.2) is 11.5 Å². The number of rotatable bonds is 7. The third-order valence-electron chi connectivity index (χ3n) is 6.68. The number of fused-ring (bicyclic) bond motifs is 3. The molecule has 12 nitrogen and oxygen atoms in total. The molecule has 0 fully saturated rings. The van der Waals surface area contributed by atoms with E-state index in [1.54, 1.807) is 34.9 Å². The van der Waals surface area contributed by atoms with Crippen molar-refractivity contribution < 1.29 is 14.3 Å². The van der Waals surface area contributed by atoms with Crippen LogP contribution in [0.1, 0.15) is 12.0 Å². The summed E-state index contributed by atoms with van der Waals surface area (Å²) in [4.78, 5) is 23.7. The SMILES string of the molecule is COc1cc2c(cc1-n1nc(NC(=O)OCCN(C)C)c3cnc(-c4cnn5cccnc45)cc31)CCCN2. The monoisotopic (exact) mass is 527 g/mol. The normalized spacial score (nSPS) is 12.9. The van der Waals surface area contributed by atoms with E-state index < -0.39 is 6.09 Å². The molecule has 1 amide bonds. The van der Waals surface area contributed by atoms with Gasteiger partial charge in [0.1, 0.15) is 18.0 Å². The highest BCUT2D eigenvalue weighted by Crippen LogP contribution is 2.36. The molecular weight excluding hydrogens is 498 g/mol. The molecule has 2 N–H and O–H groups in total. The highest BCUT2D eigenvalue weighted by molar-refractivity contribution is 5.99. The summed E-state index contributed by atoms with van der Waals surface area (Å²) >= 11 is 0. The molecule has 0 saturated heterocycles. The van der Waals surface area contributed by atoms with Gasteiger partial charge in [-0.2, -0.15) is 5.10 Å². The number of pyridine rings is 1. The second-order valence-electron chi connectivity index (χ2n) is 9.57. The maximum atomic E-state index is 12.6. The zero-order valence-corrected chi connectivity index (χ0v) is 22.0. The fourth-order valence-electron chi connectivity index (χ4n) is 4.71. The van der Waals surface area contributed by atoms with Gasteiger partial charge in [-0.05, 0) is 50.7 Å². The van der Waals surface area contributed by atoms with E-state index in [1.807, 2.05) is 43.4 Å². The molecule has 12 heteroatoms. The van der Waals surface area contributed by atoms with E-state index in [0.29, 0.717) is 34.8 Å². The molecule has 0 spiro atoms. The maximum absolute atomic E-state index is 12.6. The summed E-state index contributed by atoms with van der Waals surface area (Å²) < 4.78 is 14.6. The van der Waals surface area contributed by atoms with Gasteiger partial charge in [-0.3, -0.25) is 10.3 Å². The van der Waals surface area contributed by atoms with E-state index in [9.17, 15) is 4.79 Å². The quantitative estimate of drug-likeness (QED) is 0.327. The second kappa shape index (κ2) is 10.2. The van der Waals surface area contributed by atoms with E-state index >= 15 is 0 Å². The van der Waals surface area contributed by atoms with Crippen LogP contribution in [0.3, 0.4) is 0 Å². The van der Waals surface area contributed by atoms with Crippen LogP contribution in [0.4, 0.5) is 16.3 Å². The Bertz CT molecular complexity index is 1670. The molecule has 1 aromatic carbocycles. The standard InChI is InChI=1S/C27H29N9O3/c1-34(2)10-11-39-27(37)32-25-19-15-30-21(18-16-31-35-9-5-8-29-26(18)35)13-22(19)36(33-25)23-12-17-6-4-7-28-20(17)14-24(23)38-3/h5,8-9,12-16,28H,4,6-7,10-11H2,1-3H3,(H,32,33,37). The number of nitrogens with zero attached hydrogens (tertiary/aromatic N) is 7. The van der Waals surface area contributed by atoms with Crippen molar-refractivity contribution in [3.63, 3.8) is 0 Å². The molecule has 0 saturated carbocycles. The number of hydrogen-bond donors (Lipinski definition) is 2. The van der Waals surface area contributed by atoms with Gasteiger partial charge in [0.05, 0.1) is 35.5 Å². The number of methoxy groups -OCH3 is 1. The molecule has 1 aliphatic rings. The van der Waals surface area contributed by atoms with Crippen molar-refractivity contribution in [1.29, 1.82) is 0 Å². The van der Waals surface area contributed by atoms with Crippen LogP contribution in [0.5, 0.6) is 5.75 Å². The van der Waals surface area contributed by atoms with Crippen LogP contribution in [0.2, 0.25) is 0 Å². The van der Waals surface area contributed by atoms with Gasteiger partial charge in [-0.1, -0.05) is 0 Å². The summed E-state index contributed by atoms with van der Waals surface area (Å²) in [6.07, 6.45) is 8.40. The van der Waals surface area contributed by atoms with Crippen molar-refractivity contribution >= 4 is 34.1 Å². The lowest BCUT2D eigenvalue weighted by molar-refractivity contribution is 0.151. The molecule has 0 atom stereocenters. The Kier molecular flexibility index (Phi) is 6.45. The highest BCUT2D eigenvalue weighted by atomic mass is 16.5. The molecule has 200 valence electrons. The number of carbonyl (C=O) groups is 1. The minimum atomic E-state index is -0.582. The molecule has 0 bridgehead atoms. The van der Waals surface area contributed by atoms with Gasteiger partial charge < -0.3 is 19.7 Å². The summed E-state index contributed by atoms with van der Waals surface area (Å²) in [5.41, 5.74) is 5.88. The molecule has 4 aromatic heterocycles. The van der Waals surface area contributed by atoms with Crippen LogP contribution in [-0.2, 0) is 11.2 Å². The lowest BCUT2D eigenvalue weighted by Crippen LogP contribution is -2.22. The maximum Gasteiger partial charge on any atom is 0.412 e. The predicted molar refractivity (Wildman–Crippen MR) is 148 cm³/mol. The molecule has 1 aliphatic heterocycles. The van der Waals surface area contributed by atoms with Crippen LogP contribution in [-0.4, -0.2) is 81.3 Å². The average Bonchev–Trinajstić information content (AvgIpc) is 3.53. The second-order valence-corrected chi connectivity index (χ2v) is 9.57. The lowest BCUT2D eigenvalue weighted by Gasteiger charge is -2.21. The molecule has 6 rings (SSSR count). The van der Waals surface area contributed by atoms with Gasteiger partial charge in [-0.25, -0.2) is 19.0 Å². The zero-order valence-electron chi connectivity index (χ0n) is 22.0. The number of ether oxygens (including phenoxy) is 2. The first kappa shape index (κ1) is 24.6. The highest BCUT2D eigenvalue weighted by Gasteiger charge is 2.22. The van der Waals surface area contributed by atoms with Crippen LogP contribution < -0.4 is 15.4 Å². The summed E-state index contributed by atoms with van der Waals surface area (Å²) in [5, 5.41) is 16.1. The number of carbonyl (C=O) groups excluding carboxylic acids is 1. The number of benzene rings is 1. The Morgan fingerprint density at radius 1 is 1.21 bits per heavy atom. The number of aromatic nitrogens is 6. The van der Waals surface area contributed by atoms with Crippen molar-refractivity contribution in [2.75, 3.05) is 51.5 Å². The lowest BCUT2D eigenvalue weighted by atomic mass is 10.0. The zero-order chi connectivity index (χ0) is 26.9. The minimum Gasteiger partial charge on any atom is -0.494 e. The fourth-order valence-corrected chi connectivity index (χ4v) is 4.71. The van der Waals surface area contributed by atoms with E-state index in [4.69, 9.17) is 14.6 Å². The van der Waals surface area contributed by atoms with Crippen LogP contribution in [0.15, 0.2) is 49.1 Å². The first-order valence-corrected chi connectivity index (χ1v) is 12.7. The van der Waals surface area contributed by atoms with Crippen LogP contribution in [0.25, 0.3) is 33.5 Å². The third kappa shape index (κ3) is 4.70. The fraction of sp³-hybridized carbons (Fsp3) is 0.296. The molecule has 5 aromatic rings. The topological polar surface area (TPSA) is 124 Å². The summed E-state index contributed by atoms with van der Waals surface area (Å²) in [6, 6.07) is 7.83. The number of anilines is 2. The van der Waals surface area contributed by atoms with Crippen molar-refractivity contribution in [2.24, 2.45) is 0 Å². The minimum absolute atomic E-state index is 0.257. The summed E-state index contributed by atoms with van der Waals surface area (Å²) in [7, 11) is 5.47. The summed E-state index contributed by atoms with van der Waals surface area (Å²) in [5.74, 6) is 0.999. The smallest absolute Gasteiger partial charge is 0.412 e. The number of likely N-dealkylation sites (N-methyl/N-ethyl adjacent to an activating group) is 1. The first-order valence-electron chi connectivity index (χ1n) is 12.7. The Morgan fingerprint density at radius 3 is 2.95 bits per heavy atom.